The van der Waals surface area contributed by atoms with Gasteiger partial charge in [-0.3, -0.25) is 0 Å². The van der Waals surface area contributed by atoms with Crippen molar-refractivity contribution in [1.29, 1.82) is 0 Å². The van der Waals surface area contributed by atoms with Crippen LogP contribution in [-0.2, 0) is 11.2 Å². The monoisotopic (exact) mass is 320 g/mol. The van der Waals surface area contributed by atoms with Crippen LogP contribution in [0.2, 0.25) is 0 Å². The number of fused-ring (bicyclic) bond motifs is 1. The maximum Gasteiger partial charge on any atom is 0.345 e. The summed E-state index contributed by atoms with van der Waals surface area (Å²) in [4.78, 5) is 11.7. The molecule has 3 aromatic rings. The second-order valence-corrected chi connectivity index (χ2v) is 6.06. The summed E-state index contributed by atoms with van der Waals surface area (Å²) in [6, 6.07) is 19.6. The molecular weight excluding hydrogens is 300 g/mol. The molecule has 24 heavy (non-hydrogen) atoms. The molecule has 0 bridgehead atoms. The number of hydrogen-bond donors (Lipinski definition) is 1. The lowest BCUT2D eigenvalue weighted by Gasteiger charge is -2.18. The molecule has 0 heterocycles. The lowest BCUT2D eigenvalue weighted by atomic mass is 10.00. The SMILES string of the molecule is Cc1ccc(C)c(CC(Oc2cccc3ccccc23)C(=O)O)c1. The van der Waals surface area contributed by atoms with Gasteiger partial charge in [0.15, 0.2) is 6.10 Å². The van der Waals surface area contributed by atoms with E-state index in [2.05, 4.69) is 0 Å². The summed E-state index contributed by atoms with van der Waals surface area (Å²) in [5, 5.41) is 11.6. The fourth-order valence-electron chi connectivity index (χ4n) is 2.85. The highest BCUT2D eigenvalue weighted by molar-refractivity contribution is 5.88. The fraction of sp³-hybridized carbons (Fsp3) is 0.190. The zero-order valence-corrected chi connectivity index (χ0v) is 13.8. The Bertz CT molecular complexity index is 878. The second kappa shape index (κ2) is 6.75. The molecule has 1 N–H and O–H groups in total. The number of carboxylic acid groups (broad SMARTS) is 1. The van der Waals surface area contributed by atoms with Crippen molar-refractivity contribution in [3.63, 3.8) is 0 Å². The third-order valence-electron chi connectivity index (χ3n) is 4.20. The predicted octanol–water partition coefficient (Wildman–Crippen LogP) is 4.53. The van der Waals surface area contributed by atoms with Crippen molar-refractivity contribution in [3.8, 4) is 5.75 Å². The van der Waals surface area contributed by atoms with Crippen LogP contribution in [0, 0.1) is 13.8 Å². The highest BCUT2D eigenvalue weighted by atomic mass is 16.5. The van der Waals surface area contributed by atoms with Crippen LogP contribution >= 0.6 is 0 Å². The molecule has 122 valence electrons. The molecule has 0 aliphatic heterocycles. The van der Waals surface area contributed by atoms with Gasteiger partial charge in [-0.05, 0) is 36.4 Å². The van der Waals surface area contributed by atoms with Gasteiger partial charge in [-0.15, -0.1) is 0 Å². The molecule has 1 atom stereocenters. The summed E-state index contributed by atoms with van der Waals surface area (Å²) in [7, 11) is 0. The van der Waals surface area contributed by atoms with E-state index in [9.17, 15) is 9.90 Å². The van der Waals surface area contributed by atoms with E-state index >= 15 is 0 Å². The fourth-order valence-corrected chi connectivity index (χ4v) is 2.85. The average Bonchev–Trinajstić information content (AvgIpc) is 2.57. The third-order valence-corrected chi connectivity index (χ3v) is 4.20. The third kappa shape index (κ3) is 3.40. The van der Waals surface area contributed by atoms with Crippen LogP contribution in [0.5, 0.6) is 5.75 Å². The molecule has 3 heteroatoms. The summed E-state index contributed by atoms with van der Waals surface area (Å²) in [5.41, 5.74) is 3.20. The minimum atomic E-state index is -0.955. The topological polar surface area (TPSA) is 46.5 Å². The maximum absolute atomic E-state index is 11.7. The van der Waals surface area contributed by atoms with E-state index in [1.165, 1.54) is 0 Å². The van der Waals surface area contributed by atoms with E-state index in [4.69, 9.17) is 4.74 Å². The number of carboxylic acids is 1. The first-order valence-corrected chi connectivity index (χ1v) is 7.98. The largest absolute Gasteiger partial charge is 0.478 e. The number of ether oxygens (including phenoxy) is 1. The average molecular weight is 320 g/mol. The lowest BCUT2D eigenvalue weighted by Crippen LogP contribution is -2.29. The van der Waals surface area contributed by atoms with Gasteiger partial charge in [0, 0.05) is 11.8 Å². The van der Waals surface area contributed by atoms with E-state index in [-0.39, 0.29) is 0 Å². The van der Waals surface area contributed by atoms with Gasteiger partial charge >= 0.3 is 5.97 Å². The van der Waals surface area contributed by atoms with E-state index < -0.39 is 12.1 Å². The molecule has 0 aliphatic rings. The van der Waals surface area contributed by atoms with Crippen molar-refractivity contribution >= 4 is 16.7 Å². The quantitative estimate of drug-likeness (QED) is 0.751. The van der Waals surface area contributed by atoms with Gasteiger partial charge in [-0.1, -0.05) is 60.2 Å². The minimum absolute atomic E-state index is 0.339. The first-order chi connectivity index (χ1) is 11.5. The van der Waals surface area contributed by atoms with Crippen LogP contribution in [0.25, 0.3) is 10.8 Å². The minimum Gasteiger partial charge on any atom is -0.478 e. The zero-order chi connectivity index (χ0) is 17.1. The first kappa shape index (κ1) is 16.1. The number of carbonyl (C=O) groups is 1. The van der Waals surface area contributed by atoms with Crippen molar-refractivity contribution in [2.24, 2.45) is 0 Å². The molecule has 0 amide bonds. The van der Waals surface area contributed by atoms with Crippen molar-refractivity contribution in [2.75, 3.05) is 0 Å². The smallest absolute Gasteiger partial charge is 0.345 e. The van der Waals surface area contributed by atoms with Gasteiger partial charge in [-0.25, -0.2) is 4.79 Å². The van der Waals surface area contributed by atoms with Crippen molar-refractivity contribution in [1.82, 2.24) is 0 Å². The highest BCUT2D eigenvalue weighted by Gasteiger charge is 2.22. The van der Waals surface area contributed by atoms with E-state index in [1.54, 1.807) is 0 Å². The Labute approximate surface area is 141 Å². The van der Waals surface area contributed by atoms with Crippen molar-refractivity contribution in [2.45, 2.75) is 26.4 Å². The van der Waals surface area contributed by atoms with Gasteiger partial charge in [0.1, 0.15) is 5.75 Å². The van der Waals surface area contributed by atoms with Gasteiger partial charge in [0.05, 0.1) is 0 Å². The van der Waals surface area contributed by atoms with Crippen molar-refractivity contribution < 1.29 is 14.6 Å². The highest BCUT2D eigenvalue weighted by Crippen LogP contribution is 2.27. The number of hydrogen-bond acceptors (Lipinski definition) is 2. The standard InChI is InChI=1S/C21H20O3/c1-14-10-11-15(2)17(12-14)13-20(21(22)23)24-19-9-5-7-16-6-3-4-8-18(16)19/h3-12,20H,13H2,1-2H3,(H,22,23). The summed E-state index contributed by atoms with van der Waals surface area (Å²) in [6.45, 7) is 4.00. The summed E-state index contributed by atoms with van der Waals surface area (Å²) >= 11 is 0. The van der Waals surface area contributed by atoms with Crippen LogP contribution in [0.4, 0.5) is 0 Å². The van der Waals surface area contributed by atoms with Gasteiger partial charge in [0.2, 0.25) is 0 Å². The molecule has 0 saturated heterocycles. The molecule has 0 saturated carbocycles. The Kier molecular flexibility index (Phi) is 4.52. The Hall–Kier alpha value is -2.81. The van der Waals surface area contributed by atoms with E-state index in [0.717, 1.165) is 27.5 Å². The van der Waals surface area contributed by atoms with Crippen molar-refractivity contribution in [3.05, 3.63) is 77.4 Å². The molecule has 0 spiro atoms. The van der Waals surface area contributed by atoms with Gasteiger partial charge < -0.3 is 9.84 Å². The molecule has 3 aromatic carbocycles. The number of aliphatic carboxylic acids is 1. The van der Waals surface area contributed by atoms with Gasteiger partial charge in [-0.2, -0.15) is 0 Å². The number of rotatable bonds is 5. The molecule has 0 aromatic heterocycles. The maximum atomic E-state index is 11.7. The molecule has 1 unspecified atom stereocenters. The van der Waals surface area contributed by atoms with Crippen LogP contribution in [0.1, 0.15) is 16.7 Å². The van der Waals surface area contributed by atoms with Crippen LogP contribution in [-0.4, -0.2) is 17.2 Å². The molecule has 0 aliphatic carbocycles. The predicted molar refractivity (Wildman–Crippen MR) is 95.6 cm³/mol. The number of aryl methyl sites for hydroxylation is 2. The Morgan fingerprint density at radius 3 is 2.58 bits per heavy atom. The first-order valence-electron chi connectivity index (χ1n) is 7.98. The Morgan fingerprint density at radius 2 is 1.79 bits per heavy atom. The van der Waals surface area contributed by atoms with Crippen LogP contribution < -0.4 is 4.74 Å². The van der Waals surface area contributed by atoms with Crippen LogP contribution in [0.15, 0.2) is 60.7 Å². The number of benzene rings is 3. The zero-order valence-electron chi connectivity index (χ0n) is 13.8. The Morgan fingerprint density at radius 1 is 1.04 bits per heavy atom. The molecule has 0 fully saturated rings. The Balaban J connectivity index is 1.91. The normalized spacial score (nSPS) is 12.1. The molecular formula is C21H20O3. The second-order valence-electron chi connectivity index (χ2n) is 6.06. The molecule has 0 radical (unpaired) electrons. The summed E-state index contributed by atoms with van der Waals surface area (Å²) in [5.74, 6) is -0.352. The molecule has 3 nitrogen and oxygen atoms in total. The van der Waals surface area contributed by atoms with E-state index in [1.807, 2.05) is 74.5 Å². The lowest BCUT2D eigenvalue weighted by molar-refractivity contribution is -0.144. The van der Waals surface area contributed by atoms with Gasteiger partial charge in [0.25, 0.3) is 0 Å². The van der Waals surface area contributed by atoms with E-state index in [0.29, 0.717) is 12.2 Å². The summed E-state index contributed by atoms with van der Waals surface area (Å²) in [6.07, 6.45) is -0.581. The molecule has 3 rings (SSSR count). The summed E-state index contributed by atoms with van der Waals surface area (Å²) < 4.78 is 5.89. The van der Waals surface area contributed by atoms with Crippen LogP contribution in [0.3, 0.4) is 0 Å².